The fourth-order valence-electron chi connectivity index (χ4n) is 1.24. The summed E-state index contributed by atoms with van der Waals surface area (Å²) in [5.41, 5.74) is 1.97. The van der Waals surface area contributed by atoms with Gasteiger partial charge in [0, 0.05) is 18.6 Å². The van der Waals surface area contributed by atoms with Gasteiger partial charge in [-0.3, -0.25) is 0 Å². The summed E-state index contributed by atoms with van der Waals surface area (Å²) in [6.45, 7) is 2.01. The molecule has 0 unspecified atom stereocenters. The monoisotopic (exact) mass is 238 g/mol. The molecule has 2 rings (SSSR count). The second-order valence-electron chi connectivity index (χ2n) is 3.36. The van der Waals surface area contributed by atoms with Crippen LogP contribution in [-0.2, 0) is 7.05 Å². The van der Waals surface area contributed by atoms with Crippen LogP contribution < -0.4 is 4.80 Å². The minimum Gasteiger partial charge on any atom is -0.327 e. The van der Waals surface area contributed by atoms with Gasteiger partial charge in [0.15, 0.2) is 4.80 Å². The van der Waals surface area contributed by atoms with Crippen LogP contribution in [0.25, 0.3) is 0 Å². The lowest BCUT2D eigenvalue weighted by Gasteiger charge is -1.98. The highest BCUT2D eigenvalue weighted by Gasteiger charge is 1.98. The zero-order valence-electron chi connectivity index (χ0n) is 8.57. The van der Waals surface area contributed by atoms with E-state index in [2.05, 4.69) is 4.99 Å². The number of aromatic nitrogens is 1. The van der Waals surface area contributed by atoms with Crippen molar-refractivity contribution >= 4 is 28.6 Å². The average Bonchev–Trinajstić information content (AvgIpc) is 2.57. The molecule has 78 valence electrons. The van der Waals surface area contributed by atoms with Gasteiger partial charge in [0.25, 0.3) is 0 Å². The van der Waals surface area contributed by atoms with Gasteiger partial charge in [-0.1, -0.05) is 17.7 Å². The number of halogens is 1. The first kappa shape index (κ1) is 10.5. The number of benzene rings is 1. The second-order valence-corrected chi connectivity index (χ2v) is 4.64. The van der Waals surface area contributed by atoms with E-state index in [1.807, 2.05) is 48.3 Å². The summed E-state index contributed by atoms with van der Waals surface area (Å²) in [6, 6.07) is 5.88. The molecule has 0 atom stereocenters. The SMILES string of the molecule is Cc1ccc(N=c2sccn2C)c(Cl)c1. The Kier molecular flexibility index (Phi) is 2.93. The van der Waals surface area contributed by atoms with Crippen molar-refractivity contribution in [2.45, 2.75) is 6.92 Å². The summed E-state index contributed by atoms with van der Waals surface area (Å²) in [5.74, 6) is 0. The minimum atomic E-state index is 0.698. The van der Waals surface area contributed by atoms with Crippen molar-refractivity contribution < 1.29 is 0 Å². The maximum Gasteiger partial charge on any atom is 0.189 e. The van der Waals surface area contributed by atoms with Crippen molar-refractivity contribution in [3.8, 4) is 0 Å². The lowest BCUT2D eigenvalue weighted by Crippen LogP contribution is -2.07. The van der Waals surface area contributed by atoms with Gasteiger partial charge in [-0.15, -0.1) is 11.3 Å². The van der Waals surface area contributed by atoms with E-state index in [1.54, 1.807) is 11.3 Å². The zero-order chi connectivity index (χ0) is 10.8. The Bertz CT molecular complexity index is 540. The molecule has 2 nitrogen and oxygen atoms in total. The van der Waals surface area contributed by atoms with Crippen LogP contribution in [0.1, 0.15) is 5.56 Å². The molecule has 15 heavy (non-hydrogen) atoms. The molecule has 1 heterocycles. The van der Waals surface area contributed by atoms with Crippen LogP contribution in [-0.4, -0.2) is 4.57 Å². The molecule has 1 aromatic carbocycles. The van der Waals surface area contributed by atoms with E-state index in [4.69, 9.17) is 11.6 Å². The molecule has 2 aromatic rings. The van der Waals surface area contributed by atoms with E-state index in [0.29, 0.717) is 5.02 Å². The predicted octanol–water partition coefficient (Wildman–Crippen LogP) is 3.28. The molecule has 0 saturated carbocycles. The van der Waals surface area contributed by atoms with Gasteiger partial charge < -0.3 is 4.57 Å². The Hall–Kier alpha value is -1.06. The first-order chi connectivity index (χ1) is 7.16. The van der Waals surface area contributed by atoms with E-state index in [9.17, 15) is 0 Å². The fraction of sp³-hybridized carbons (Fsp3) is 0.182. The number of nitrogens with zero attached hydrogens (tertiary/aromatic N) is 2. The van der Waals surface area contributed by atoms with Gasteiger partial charge in [0.2, 0.25) is 0 Å². The molecule has 0 bridgehead atoms. The highest BCUT2D eigenvalue weighted by Crippen LogP contribution is 2.24. The summed E-state index contributed by atoms with van der Waals surface area (Å²) in [6.07, 6.45) is 1.98. The van der Waals surface area contributed by atoms with Crippen molar-refractivity contribution in [1.29, 1.82) is 0 Å². The van der Waals surface area contributed by atoms with Gasteiger partial charge in [0.1, 0.15) is 0 Å². The number of hydrogen-bond acceptors (Lipinski definition) is 2. The van der Waals surface area contributed by atoms with Crippen molar-refractivity contribution in [2.75, 3.05) is 0 Å². The molecule has 4 heteroatoms. The maximum absolute atomic E-state index is 6.10. The topological polar surface area (TPSA) is 17.3 Å². The zero-order valence-corrected chi connectivity index (χ0v) is 10.1. The first-order valence-corrected chi connectivity index (χ1v) is 5.83. The molecule has 0 fully saturated rings. The van der Waals surface area contributed by atoms with Gasteiger partial charge >= 0.3 is 0 Å². The third-order valence-electron chi connectivity index (χ3n) is 2.08. The van der Waals surface area contributed by atoms with Crippen LogP contribution in [0.4, 0.5) is 5.69 Å². The van der Waals surface area contributed by atoms with E-state index in [-0.39, 0.29) is 0 Å². The van der Waals surface area contributed by atoms with Gasteiger partial charge in [-0.05, 0) is 24.6 Å². The number of aryl methyl sites for hydroxylation is 2. The van der Waals surface area contributed by atoms with Gasteiger partial charge in [-0.2, -0.15) is 0 Å². The Morgan fingerprint density at radius 2 is 2.20 bits per heavy atom. The molecule has 0 radical (unpaired) electrons. The van der Waals surface area contributed by atoms with E-state index in [1.165, 1.54) is 0 Å². The number of hydrogen-bond donors (Lipinski definition) is 0. The highest BCUT2D eigenvalue weighted by molar-refractivity contribution is 7.07. The summed E-state index contributed by atoms with van der Waals surface area (Å²) >= 11 is 7.70. The van der Waals surface area contributed by atoms with E-state index < -0.39 is 0 Å². The number of thiazole rings is 1. The molecule has 1 aromatic heterocycles. The van der Waals surface area contributed by atoms with Crippen LogP contribution >= 0.6 is 22.9 Å². The molecule has 0 spiro atoms. The summed E-state index contributed by atoms with van der Waals surface area (Å²) in [4.78, 5) is 5.44. The molecule has 0 aliphatic heterocycles. The van der Waals surface area contributed by atoms with Crippen molar-refractivity contribution in [2.24, 2.45) is 12.0 Å². The van der Waals surface area contributed by atoms with Crippen LogP contribution in [0.2, 0.25) is 5.02 Å². The largest absolute Gasteiger partial charge is 0.327 e. The summed E-state index contributed by atoms with van der Waals surface area (Å²) in [5, 5.41) is 2.70. The summed E-state index contributed by atoms with van der Waals surface area (Å²) in [7, 11) is 1.97. The van der Waals surface area contributed by atoms with Crippen LogP contribution in [0.5, 0.6) is 0 Å². The molecule has 0 aliphatic carbocycles. The highest BCUT2D eigenvalue weighted by atomic mass is 35.5. The normalized spacial score (nSPS) is 12.1. The lowest BCUT2D eigenvalue weighted by atomic mass is 10.2. The van der Waals surface area contributed by atoms with Crippen LogP contribution in [0, 0.1) is 6.92 Å². The van der Waals surface area contributed by atoms with E-state index >= 15 is 0 Å². The van der Waals surface area contributed by atoms with E-state index in [0.717, 1.165) is 16.1 Å². The van der Waals surface area contributed by atoms with Crippen molar-refractivity contribution in [1.82, 2.24) is 4.57 Å². The predicted molar refractivity (Wildman–Crippen MR) is 64.7 cm³/mol. The lowest BCUT2D eigenvalue weighted by molar-refractivity contribution is 0.874. The van der Waals surface area contributed by atoms with Crippen molar-refractivity contribution in [3.05, 3.63) is 45.2 Å². The Balaban J connectivity index is 2.53. The minimum absolute atomic E-state index is 0.698. The Morgan fingerprint density at radius 1 is 1.40 bits per heavy atom. The molecule has 0 amide bonds. The summed E-state index contributed by atoms with van der Waals surface area (Å²) < 4.78 is 1.97. The molecular formula is C11H11ClN2S. The molecule has 0 aliphatic rings. The smallest absolute Gasteiger partial charge is 0.189 e. The average molecular weight is 239 g/mol. The van der Waals surface area contributed by atoms with Crippen LogP contribution in [0.15, 0.2) is 34.8 Å². The first-order valence-electron chi connectivity index (χ1n) is 4.58. The van der Waals surface area contributed by atoms with Gasteiger partial charge in [0.05, 0.1) is 10.7 Å². The molecule has 0 N–H and O–H groups in total. The van der Waals surface area contributed by atoms with Crippen molar-refractivity contribution in [3.63, 3.8) is 0 Å². The Labute approximate surface area is 97.5 Å². The number of rotatable bonds is 1. The standard InChI is InChI=1S/C11H11ClN2S/c1-8-3-4-10(9(12)7-8)13-11-14(2)5-6-15-11/h3-7H,1-2H3. The Morgan fingerprint density at radius 3 is 2.80 bits per heavy atom. The van der Waals surface area contributed by atoms with Crippen LogP contribution in [0.3, 0.4) is 0 Å². The third kappa shape index (κ3) is 2.30. The fourth-order valence-corrected chi connectivity index (χ4v) is 2.26. The maximum atomic E-state index is 6.10. The third-order valence-corrected chi connectivity index (χ3v) is 3.23. The quantitative estimate of drug-likeness (QED) is 0.726. The van der Waals surface area contributed by atoms with Gasteiger partial charge in [-0.25, -0.2) is 4.99 Å². The second kappa shape index (κ2) is 4.21. The molecule has 0 saturated heterocycles. The molecular weight excluding hydrogens is 228 g/mol.